The van der Waals surface area contributed by atoms with Crippen molar-refractivity contribution in [2.75, 3.05) is 32.6 Å². The van der Waals surface area contributed by atoms with Gasteiger partial charge in [-0.2, -0.15) is 13.2 Å². The lowest BCUT2D eigenvalue weighted by atomic mass is 9.98. The van der Waals surface area contributed by atoms with E-state index >= 15 is 0 Å². The number of esters is 1. The number of ether oxygens (including phenoxy) is 2. The molecular weight excluding hydrogens is 658 g/mol. The van der Waals surface area contributed by atoms with E-state index in [2.05, 4.69) is 20.3 Å². The lowest BCUT2D eigenvalue weighted by Gasteiger charge is -2.30. The second-order valence-electron chi connectivity index (χ2n) is 11.2. The SMILES string of the molecule is CN1CCC(NC(=O)c2ccc(-c3c(-c4cccc(OC(F)(F)F)c4)cc4n3C(CCCl)CNC4=O)cc2OC(=O)C(F)(F)F)CC1. The van der Waals surface area contributed by atoms with Crippen LogP contribution in [0.15, 0.2) is 48.5 Å². The summed E-state index contributed by atoms with van der Waals surface area (Å²) in [5.41, 5.74) is 0.494. The number of nitrogens with one attached hydrogen (secondary N) is 2. The largest absolute Gasteiger partial charge is 0.573 e. The summed E-state index contributed by atoms with van der Waals surface area (Å²) < 4.78 is 89.6. The molecule has 9 nitrogen and oxygen atoms in total. The molecule has 2 amide bonds. The lowest BCUT2D eigenvalue weighted by molar-refractivity contribution is -0.274. The quantitative estimate of drug-likeness (QED) is 0.132. The van der Waals surface area contributed by atoms with Crippen molar-refractivity contribution in [2.24, 2.45) is 0 Å². The van der Waals surface area contributed by atoms with E-state index in [0.29, 0.717) is 32.4 Å². The number of benzene rings is 2. The smallest absolute Gasteiger partial charge is 0.419 e. The number of carbonyl (C=O) groups excluding carboxylic acids is 3. The van der Waals surface area contributed by atoms with E-state index in [1.54, 1.807) is 4.57 Å². The summed E-state index contributed by atoms with van der Waals surface area (Å²) in [6.45, 7) is 1.51. The number of piperidine rings is 1. The second-order valence-corrected chi connectivity index (χ2v) is 11.6. The Labute approximate surface area is 269 Å². The van der Waals surface area contributed by atoms with Crippen LogP contribution in [0.5, 0.6) is 11.5 Å². The molecule has 5 rings (SSSR count). The fourth-order valence-electron chi connectivity index (χ4n) is 5.72. The molecule has 2 aliphatic rings. The van der Waals surface area contributed by atoms with Crippen LogP contribution in [-0.4, -0.2) is 78.4 Å². The molecule has 1 aromatic heterocycles. The number of carbonyl (C=O) groups is 3. The Morgan fingerprint density at radius 2 is 1.74 bits per heavy atom. The zero-order chi connectivity index (χ0) is 34.1. The van der Waals surface area contributed by atoms with E-state index in [4.69, 9.17) is 16.3 Å². The Morgan fingerprint density at radius 1 is 1.02 bits per heavy atom. The Morgan fingerprint density at radius 3 is 2.40 bits per heavy atom. The fraction of sp³-hybridized carbons (Fsp3) is 0.387. The highest BCUT2D eigenvalue weighted by Gasteiger charge is 2.42. The number of hydrogen-bond acceptors (Lipinski definition) is 6. The van der Waals surface area contributed by atoms with Crippen LogP contribution in [0.1, 0.15) is 46.2 Å². The van der Waals surface area contributed by atoms with Gasteiger partial charge < -0.3 is 29.6 Å². The molecule has 2 aliphatic heterocycles. The Bertz CT molecular complexity index is 1670. The first-order chi connectivity index (χ1) is 22.1. The predicted molar refractivity (Wildman–Crippen MR) is 158 cm³/mol. The zero-order valence-corrected chi connectivity index (χ0v) is 25.6. The van der Waals surface area contributed by atoms with Crippen LogP contribution in [0.3, 0.4) is 0 Å². The third-order valence-corrected chi connectivity index (χ3v) is 8.16. The van der Waals surface area contributed by atoms with Gasteiger partial charge in [-0.25, -0.2) is 4.79 Å². The molecule has 1 fully saturated rings. The summed E-state index contributed by atoms with van der Waals surface area (Å²) in [6, 6.07) is 9.33. The first-order valence-electron chi connectivity index (χ1n) is 14.5. The highest BCUT2D eigenvalue weighted by Crippen LogP contribution is 2.42. The molecule has 16 heteroatoms. The Kier molecular flexibility index (Phi) is 9.78. The molecule has 0 saturated carbocycles. The van der Waals surface area contributed by atoms with E-state index in [1.807, 2.05) is 7.05 Å². The number of hydrogen-bond donors (Lipinski definition) is 2. The van der Waals surface area contributed by atoms with Crippen molar-refractivity contribution in [3.8, 4) is 33.9 Å². The zero-order valence-electron chi connectivity index (χ0n) is 24.8. The average molecular weight is 687 g/mol. The maximum absolute atomic E-state index is 13.4. The number of nitrogens with zero attached hydrogens (tertiary/aromatic N) is 2. The standard InChI is InChI=1S/C31H29ClF6N4O5/c1-41-11-8-19(9-12-41)40-27(43)22-6-5-18(14-25(22)46-29(45)30(33,34)35)26-23(17-3-2-4-21(13-17)47-31(36,37)38)15-24-28(44)39-16-20(7-10-32)42(24)26/h2-6,13-15,19-20H,7-12,16H2,1H3,(H,39,44)(H,40,43). The molecule has 0 bridgehead atoms. The van der Waals surface area contributed by atoms with Crippen LogP contribution in [0.25, 0.3) is 22.4 Å². The van der Waals surface area contributed by atoms with Gasteiger partial charge in [0.15, 0.2) is 0 Å². The summed E-state index contributed by atoms with van der Waals surface area (Å²) in [5.74, 6) is -4.91. The number of likely N-dealkylation sites (tertiary alicyclic amines) is 1. The molecule has 3 aromatic rings. The van der Waals surface area contributed by atoms with Gasteiger partial charge in [0.05, 0.1) is 17.3 Å². The number of fused-ring (bicyclic) bond motifs is 1. The Balaban J connectivity index is 1.66. The van der Waals surface area contributed by atoms with E-state index in [1.165, 1.54) is 30.3 Å². The minimum absolute atomic E-state index is 0.108. The van der Waals surface area contributed by atoms with Gasteiger partial charge in [-0.3, -0.25) is 9.59 Å². The summed E-state index contributed by atoms with van der Waals surface area (Å²) >= 11 is 6.05. The summed E-state index contributed by atoms with van der Waals surface area (Å²) in [4.78, 5) is 40.4. The van der Waals surface area contributed by atoms with Gasteiger partial charge >= 0.3 is 18.5 Å². The number of rotatable bonds is 8. The molecular formula is C31H29ClF6N4O5. The van der Waals surface area contributed by atoms with Crippen LogP contribution < -0.4 is 20.1 Å². The summed E-state index contributed by atoms with van der Waals surface area (Å²) in [5, 5.41) is 5.52. The minimum Gasteiger partial charge on any atom is -0.419 e. The molecule has 0 radical (unpaired) electrons. The van der Waals surface area contributed by atoms with Crippen molar-refractivity contribution in [1.82, 2.24) is 20.1 Å². The third-order valence-electron chi connectivity index (χ3n) is 7.94. The fourth-order valence-corrected chi connectivity index (χ4v) is 5.97. The maximum Gasteiger partial charge on any atom is 0.573 e. The van der Waals surface area contributed by atoms with Crippen molar-refractivity contribution in [2.45, 2.75) is 43.9 Å². The van der Waals surface area contributed by atoms with Gasteiger partial charge in [-0.15, -0.1) is 24.8 Å². The average Bonchev–Trinajstić information content (AvgIpc) is 3.40. The first-order valence-corrected chi connectivity index (χ1v) is 15.1. The van der Waals surface area contributed by atoms with Crippen LogP contribution in [0.2, 0.25) is 0 Å². The van der Waals surface area contributed by atoms with E-state index in [-0.39, 0.29) is 52.1 Å². The Hall–Kier alpha value is -4.24. The molecule has 2 aromatic carbocycles. The summed E-state index contributed by atoms with van der Waals surface area (Å²) in [6.07, 6.45) is -8.86. The lowest BCUT2D eigenvalue weighted by Crippen LogP contribution is -2.43. The maximum atomic E-state index is 13.4. The molecule has 1 atom stereocenters. The number of halogens is 7. The predicted octanol–water partition coefficient (Wildman–Crippen LogP) is 5.93. The van der Waals surface area contributed by atoms with Crippen LogP contribution in [0.4, 0.5) is 26.3 Å². The molecule has 3 heterocycles. The molecule has 1 unspecified atom stereocenters. The van der Waals surface area contributed by atoms with Crippen molar-refractivity contribution in [3.05, 3.63) is 59.8 Å². The molecule has 252 valence electrons. The third kappa shape index (κ3) is 7.84. The topological polar surface area (TPSA) is 102 Å². The molecule has 0 spiro atoms. The van der Waals surface area contributed by atoms with Gasteiger partial charge in [0, 0.05) is 29.6 Å². The number of aromatic nitrogens is 1. The van der Waals surface area contributed by atoms with Crippen molar-refractivity contribution >= 4 is 29.4 Å². The van der Waals surface area contributed by atoms with Gasteiger partial charge in [0.25, 0.3) is 11.8 Å². The normalized spacial score (nSPS) is 17.5. The highest BCUT2D eigenvalue weighted by atomic mass is 35.5. The van der Waals surface area contributed by atoms with E-state index in [9.17, 15) is 40.7 Å². The molecule has 2 N–H and O–H groups in total. The molecule has 0 aliphatic carbocycles. The van der Waals surface area contributed by atoms with E-state index < -0.39 is 47.9 Å². The van der Waals surface area contributed by atoms with Crippen molar-refractivity contribution < 1.29 is 50.2 Å². The van der Waals surface area contributed by atoms with Crippen LogP contribution in [-0.2, 0) is 4.79 Å². The molecule has 47 heavy (non-hydrogen) atoms. The van der Waals surface area contributed by atoms with Crippen molar-refractivity contribution in [1.29, 1.82) is 0 Å². The minimum atomic E-state index is -5.39. The van der Waals surface area contributed by atoms with Gasteiger partial charge in [-0.1, -0.05) is 18.2 Å². The summed E-state index contributed by atoms with van der Waals surface area (Å²) in [7, 11) is 1.92. The van der Waals surface area contributed by atoms with Crippen LogP contribution in [0, 0.1) is 0 Å². The van der Waals surface area contributed by atoms with Gasteiger partial charge in [0.1, 0.15) is 17.2 Å². The van der Waals surface area contributed by atoms with Gasteiger partial charge in [0.2, 0.25) is 0 Å². The first kappa shape index (κ1) is 34.1. The van der Waals surface area contributed by atoms with Crippen LogP contribution >= 0.6 is 11.6 Å². The highest BCUT2D eigenvalue weighted by molar-refractivity contribution is 6.17. The number of alkyl halides is 7. The van der Waals surface area contributed by atoms with Crippen molar-refractivity contribution in [3.63, 3.8) is 0 Å². The molecule has 1 saturated heterocycles. The second kappa shape index (κ2) is 13.5. The van der Waals surface area contributed by atoms with E-state index in [0.717, 1.165) is 18.2 Å². The number of amides is 2. The van der Waals surface area contributed by atoms with Gasteiger partial charge in [-0.05, 0) is 75.3 Å². The monoisotopic (exact) mass is 686 g/mol.